The molecule has 0 spiro atoms. The highest BCUT2D eigenvalue weighted by atomic mass is 32.2. The second-order valence-electron chi connectivity index (χ2n) is 5.63. The Morgan fingerprint density at radius 1 is 1.08 bits per heavy atom. The van der Waals surface area contributed by atoms with Crippen LogP contribution >= 0.6 is 11.8 Å². The van der Waals surface area contributed by atoms with Gasteiger partial charge in [-0.25, -0.2) is 9.97 Å². The van der Waals surface area contributed by atoms with Crippen molar-refractivity contribution in [3.05, 3.63) is 77.6 Å². The van der Waals surface area contributed by atoms with Crippen LogP contribution in [0.5, 0.6) is 5.75 Å². The van der Waals surface area contributed by atoms with Gasteiger partial charge in [0.15, 0.2) is 5.16 Å². The quantitative estimate of drug-likeness (QED) is 0.520. The molecular weight excluding hydrogens is 346 g/mol. The Balaban J connectivity index is 1.62. The van der Waals surface area contributed by atoms with Gasteiger partial charge in [0, 0.05) is 11.4 Å². The van der Waals surface area contributed by atoms with Crippen LogP contribution in [0.4, 0.5) is 5.69 Å². The number of amides is 1. The summed E-state index contributed by atoms with van der Waals surface area (Å²) in [7, 11) is 0. The minimum atomic E-state index is -0.260. The number of nitrogens with one attached hydrogen (secondary N) is 1. The summed E-state index contributed by atoms with van der Waals surface area (Å²) in [5.41, 5.74) is 2.91. The molecule has 0 saturated heterocycles. The Morgan fingerprint density at radius 3 is 2.50 bits per heavy atom. The Bertz CT molecular complexity index is 883. The van der Waals surface area contributed by atoms with Gasteiger partial charge in [-0.05, 0) is 49.1 Å². The lowest BCUT2D eigenvalue weighted by molar-refractivity contribution is 0.102. The predicted octanol–water partition coefficient (Wildman–Crippen LogP) is 4.34. The van der Waals surface area contributed by atoms with Crippen LogP contribution in [-0.2, 0) is 6.61 Å². The highest BCUT2D eigenvalue weighted by Gasteiger charge is 2.11. The van der Waals surface area contributed by atoms with Gasteiger partial charge in [0.1, 0.15) is 18.1 Å². The lowest BCUT2D eigenvalue weighted by Gasteiger charge is -2.09. The average Bonchev–Trinajstić information content (AvgIpc) is 2.67. The van der Waals surface area contributed by atoms with Crippen LogP contribution < -0.4 is 10.1 Å². The normalized spacial score (nSPS) is 10.4. The number of hydrogen-bond acceptors (Lipinski definition) is 5. The molecule has 0 saturated carbocycles. The number of benzene rings is 2. The van der Waals surface area contributed by atoms with E-state index in [9.17, 15) is 4.79 Å². The van der Waals surface area contributed by atoms with Crippen LogP contribution in [0, 0.1) is 6.92 Å². The molecule has 0 aliphatic carbocycles. The Morgan fingerprint density at radius 2 is 1.81 bits per heavy atom. The molecule has 5 nitrogen and oxygen atoms in total. The number of carbonyl (C=O) groups is 1. The molecule has 0 aliphatic heterocycles. The fourth-order valence-corrected chi connectivity index (χ4v) is 2.74. The lowest BCUT2D eigenvalue weighted by Crippen LogP contribution is -2.14. The Labute approximate surface area is 156 Å². The molecule has 1 aromatic heterocycles. The first-order valence-corrected chi connectivity index (χ1v) is 9.34. The van der Waals surface area contributed by atoms with Crippen molar-refractivity contribution in [1.82, 2.24) is 9.97 Å². The summed E-state index contributed by atoms with van der Waals surface area (Å²) in [5.74, 6) is 0.484. The molecule has 0 atom stereocenters. The molecule has 6 heteroatoms. The van der Waals surface area contributed by atoms with E-state index in [1.165, 1.54) is 11.8 Å². The second kappa shape index (κ2) is 8.49. The monoisotopic (exact) mass is 365 g/mol. The molecule has 132 valence electrons. The van der Waals surface area contributed by atoms with Gasteiger partial charge in [0.25, 0.3) is 5.91 Å². The van der Waals surface area contributed by atoms with E-state index in [2.05, 4.69) is 15.3 Å². The third kappa shape index (κ3) is 4.83. The second-order valence-corrected chi connectivity index (χ2v) is 6.41. The summed E-state index contributed by atoms with van der Waals surface area (Å²) in [5, 5.41) is 3.43. The van der Waals surface area contributed by atoms with Crippen molar-refractivity contribution in [3.63, 3.8) is 0 Å². The van der Waals surface area contributed by atoms with Crippen LogP contribution in [-0.4, -0.2) is 22.1 Å². The molecule has 3 rings (SSSR count). The first-order valence-electron chi connectivity index (χ1n) is 8.12. The van der Waals surface area contributed by atoms with Crippen molar-refractivity contribution in [2.45, 2.75) is 18.7 Å². The highest BCUT2D eigenvalue weighted by molar-refractivity contribution is 7.98. The molecule has 0 fully saturated rings. The van der Waals surface area contributed by atoms with Crippen molar-refractivity contribution in [2.24, 2.45) is 0 Å². The van der Waals surface area contributed by atoms with Gasteiger partial charge >= 0.3 is 0 Å². The third-order valence-corrected chi connectivity index (χ3v) is 4.16. The zero-order chi connectivity index (χ0) is 18.4. The van der Waals surface area contributed by atoms with Crippen molar-refractivity contribution < 1.29 is 9.53 Å². The number of nitrogens with zero attached hydrogens (tertiary/aromatic N) is 2. The van der Waals surface area contributed by atoms with Crippen LogP contribution in [0.15, 0.2) is 65.8 Å². The molecule has 0 aliphatic rings. The zero-order valence-corrected chi connectivity index (χ0v) is 15.4. The van der Waals surface area contributed by atoms with Gasteiger partial charge in [-0.1, -0.05) is 42.1 Å². The van der Waals surface area contributed by atoms with Crippen LogP contribution in [0.1, 0.15) is 21.7 Å². The molecule has 3 aromatic rings. The van der Waals surface area contributed by atoms with Crippen molar-refractivity contribution in [2.75, 3.05) is 11.6 Å². The maximum atomic E-state index is 12.4. The first kappa shape index (κ1) is 17.9. The highest BCUT2D eigenvalue weighted by Crippen LogP contribution is 2.18. The SMILES string of the molecule is CSc1nc(C)cc(C(=O)Nc2ccc(OCc3ccccc3)cc2)n1. The van der Waals surface area contributed by atoms with Gasteiger partial charge in [0.2, 0.25) is 0 Å². The maximum absolute atomic E-state index is 12.4. The number of anilines is 1. The standard InChI is InChI=1S/C20H19N3O2S/c1-14-12-18(23-20(21-14)26-2)19(24)22-16-8-10-17(11-9-16)25-13-15-6-4-3-5-7-15/h3-12H,13H2,1-2H3,(H,22,24). The lowest BCUT2D eigenvalue weighted by atomic mass is 10.2. The molecule has 1 amide bonds. The number of carbonyl (C=O) groups excluding carboxylic acids is 1. The van der Waals surface area contributed by atoms with Crippen molar-refractivity contribution >= 4 is 23.4 Å². The molecule has 26 heavy (non-hydrogen) atoms. The number of hydrogen-bond donors (Lipinski definition) is 1. The van der Waals surface area contributed by atoms with Gasteiger partial charge in [-0.3, -0.25) is 4.79 Å². The Kier molecular flexibility index (Phi) is 5.86. The van der Waals surface area contributed by atoms with Gasteiger partial charge < -0.3 is 10.1 Å². The van der Waals surface area contributed by atoms with Crippen molar-refractivity contribution in [3.8, 4) is 5.75 Å². The molecule has 0 radical (unpaired) electrons. The number of rotatable bonds is 6. The molecular formula is C20H19N3O2S. The summed E-state index contributed by atoms with van der Waals surface area (Å²) >= 11 is 1.41. The van der Waals surface area contributed by atoms with E-state index in [-0.39, 0.29) is 5.91 Å². The van der Waals surface area contributed by atoms with E-state index in [1.807, 2.05) is 67.8 Å². The summed E-state index contributed by atoms with van der Waals surface area (Å²) in [6, 6.07) is 18.9. The summed E-state index contributed by atoms with van der Waals surface area (Å²) in [6.07, 6.45) is 1.88. The largest absolute Gasteiger partial charge is 0.489 e. The number of thioether (sulfide) groups is 1. The number of aromatic nitrogens is 2. The minimum Gasteiger partial charge on any atom is -0.489 e. The maximum Gasteiger partial charge on any atom is 0.274 e. The van der Waals surface area contributed by atoms with E-state index in [0.717, 1.165) is 17.0 Å². The summed E-state index contributed by atoms with van der Waals surface area (Å²) in [4.78, 5) is 20.9. The molecule has 0 unspecified atom stereocenters. The molecule has 2 aromatic carbocycles. The Hall–Kier alpha value is -2.86. The van der Waals surface area contributed by atoms with E-state index >= 15 is 0 Å². The fraction of sp³-hybridized carbons (Fsp3) is 0.150. The minimum absolute atomic E-state index is 0.260. The van der Waals surface area contributed by atoms with Gasteiger partial charge in [-0.15, -0.1) is 0 Å². The van der Waals surface area contributed by atoms with Crippen LogP contribution in [0.2, 0.25) is 0 Å². The summed E-state index contributed by atoms with van der Waals surface area (Å²) in [6.45, 7) is 2.35. The fourth-order valence-electron chi connectivity index (χ4n) is 2.32. The van der Waals surface area contributed by atoms with E-state index in [4.69, 9.17) is 4.74 Å². The third-order valence-electron chi connectivity index (χ3n) is 3.61. The first-order chi connectivity index (χ1) is 12.6. The van der Waals surface area contributed by atoms with E-state index in [0.29, 0.717) is 23.1 Å². The summed E-state index contributed by atoms with van der Waals surface area (Å²) < 4.78 is 5.75. The smallest absolute Gasteiger partial charge is 0.274 e. The van der Waals surface area contributed by atoms with Crippen molar-refractivity contribution in [1.29, 1.82) is 0 Å². The average molecular weight is 365 g/mol. The number of aryl methyl sites for hydroxylation is 1. The van der Waals surface area contributed by atoms with Crippen LogP contribution in [0.3, 0.4) is 0 Å². The van der Waals surface area contributed by atoms with Gasteiger partial charge in [0.05, 0.1) is 0 Å². The molecule has 1 heterocycles. The van der Waals surface area contributed by atoms with Gasteiger partial charge in [-0.2, -0.15) is 0 Å². The van der Waals surface area contributed by atoms with E-state index in [1.54, 1.807) is 6.07 Å². The number of ether oxygens (including phenoxy) is 1. The van der Waals surface area contributed by atoms with E-state index < -0.39 is 0 Å². The zero-order valence-electron chi connectivity index (χ0n) is 14.6. The topological polar surface area (TPSA) is 64.1 Å². The van der Waals surface area contributed by atoms with Crippen LogP contribution in [0.25, 0.3) is 0 Å². The molecule has 0 bridgehead atoms. The molecule has 1 N–H and O–H groups in total. The predicted molar refractivity (Wildman–Crippen MR) is 104 cm³/mol.